The van der Waals surface area contributed by atoms with Crippen molar-refractivity contribution in [2.24, 2.45) is 0 Å². The summed E-state index contributed by atoms with van der Waals surface area (Å²) in [6.07, 6.45) is 0.961. The molecular formula is C23H28F3N5OS. The van der Waals surface area contributed by atoms with Gasteiger partial charge in [0.15, 0.2) is 10.8 Å². The van der Waals surface area contributed by atoms with Gasteiger partial charge in [0.05, 0.1) is 13.2 Å². The van der Waals surface area contributed by atoms with Crippen LogP contribution in [-0.4, -0.2) is 47.9 Å². The minimum atomic E-state index is -4.59. The van der Waals surface area contributed by atoms with Crippen molar-refractivity contribution >= 4 is 29.1 Å². The molecule has 1 aliphatic heterocycles. The van der Waals surface area contributed by atoms with E-state index in [1.165, 1.54) is 12.0 Å². The van der Waals surface area contributed by atoms with E-state index in [2.05, 4.69) is 32.7 Å². The van der Waals surface area contributed by atoms with Crippen LogP contribution in [0, 0.1) is 0 Å². The van der Waals surface area contributed by atoms with E-state index in [0.29, 0.717) is 32.8 Å². The number of benzene rings is 1. The zero-order valence-electron chi connectivity index (χ0n) is 18.3. The molecule has 2 aromatic rings. The van der Waals surface area contributed by atoms with E-state index in [1.807, 2.05) is 18.2 Å². The number of halogens is 3. The first kappa shape index (κ1) is 23.7. The number of hydrogen-bond acceptors (Lipinski definition) is 5. The third-order valence-corrected chi connectivity index (χ3v) is 6.59. The predicted octanol–water partition coefficient (Wildman–Crippen LogP) is 4.52. The normalized spacial score (nSPS) is 18.6. The molecule has 6 nitrogen and oxygen atoms in total. The molecule has 33 heavy (non-hydrogen) atoms. The minimum absolute atomic E-state index is 0.0567. The smallest absolute Gasteiger partial charge is 0.378 e. The summed E-state index contributed by atoms with van der Waals surface area (Å²) >= 11 is 5.42. The summed E-state index contributed by atoms with van der Waals surface area (Å²) in [6, 6.07) is 11.3. The molecule has 2 aliphatic rings. The van der Waals surface area contributed by atoms with Crippen LogP contribution in [0.15, 0.2) is 36.4 Å². The Morgan fingerprint density at radius 1 is 1.06 bits per heavy atom. The predicted molar refractivity (Wildman–Crippen MR) is 125 cm³/mol. The van der Waals surface area contributed by atoms with E-state index >= 15 is 0 Å². The molecule has 1 aromatic heterocycles. The lowest BCUT2D eigenvalue weighted by atomic mass is 9.69. The van der Waals surface area contributed by atoms with E-state index in [0.717, 1.165) is 31.7 Å². The lowest BCUT2D eigenvalue weighted by Crippen LogP contribution is -2.43. The first-order valence-corrected chi connectivity index (χ1v) is 11.7. The number of hydrogen-bond donors (Lipinski definition) is 2. The highest BCUT2D eigenvalue weighted by atomic mass is 32.1. The van der Waals surface area contributed by atoms with Gasteiger partial charge >= 0.3 is 6.18 Å². The van der Waals surface area contributed by atoms with Gasteiger partial charge in [-0.1, -0.05) is 49.6 Å². The van der Waals surface area contributed by atoms with Gasteiger partial charge in [0, 0.05) is 31.1 Å². The van der Waals surface area contributed by atoms with E-state index in [1.54, 1.807) is 4.90 Å². The van der Waals surface area contributed by atoms with Gasteiger partial charge in [0.25, 0.3) is 0 Å². The Morgan fingerprint density at radius 3 is 2.42 bits per heavy atom. The molecule has 1 aromatic carbocycles. The Bertz CT molecular complexity index is 945. The van der Waals surface area contributed by atoms with Crippen LogP contribution in [0.5, 0.6) is 0 Å². The molecule has 0 bridgehead atoms. The zero-order chi connectivity index (χ0) is 23.3. The van der Waals surface area contributed by atoms with Crippen LogP contribution in [0.25, 0.3) is 0 Å². The maximum absolute atomic E-state index is 13.5. The van der Waals surface area contributed by atoms with Crippen LogP contribution < -0.4 is 15.5 Å². The Hall–Kier alpha value is -2.46. The summed E-state index contributed by atoms with van der Waals surface area (Å²) < 4.78 is 45.7. The molecular weight excluding hydrogens is 451 g/mol. The number of ether oxygens (including phenoxy) is 1. The third-order valence-electron chi connectivity index (χ3n) is 6.35. The first-order valence-electron chi connectivity index (χ1n) is 11.3. The van der Waals surface area contributed by atoms with Gasteiger partial charge in [0.2, 0.25) is 5.95 Å². The van der Waals surface area contributed by atoms with Gasteiger partial charge in [-0.15, -0.1) is 0 Å². The lowest BCUT2D eigenvalue weighted by Gasteiger charge is -2.38. The molecule has 0 radical (unpaired) electrons. The van der Waals surface area contributed by atoms with Gasteiger partial charge in [-0.25, -0.2) is 4.98 Å². The molecule has 10 heteroatoms. The van der Waals surface area contributed by atoms with Crippen molar-refractivity contribution in [3.63, 3.8) is 0 Å². The highest BCUT2D eigenvalue weighted by Crippen LogP contribution is 2.39. The van der Waals surface area contributed by atoms with Crippen LogP contribution in [0.4, 0.5) is 24.9 Å². The van der Waals surface area contributed by atoms with Gasteiger partial charge < -0.3 is 20.3 Å². The third kappa shape index (κ3) is 5.92. The number of thiocarbonyl (C=S) groups is 1. The van der Waals surface area contributed by atoms with Crippen LogP contribution in [0.3, 0.4) is 0 Å². The summed E-state index contributed by atoms with van der Waals surface area (Å²) in [6.45, 7) is 2.41. The second kappa shape index (κ2) is 10.2. The lowest BCUT2D eigenvalue weighted by molar-refractivity contribution is -0.141. The van der Waals surface area contributed by atoms with E-state index in [-0.39, 0.29) is 22.3 Å². The molecule has 178 valence electrons. The van der Waals surface area contributed by atoms with Crippen LogP contribution >= 0.6 is 12.2 Å². The van der Waals surface area contributed by atoms with Gasteiger partial charge in [-0.05, 0) is 30.6 Å². The highest BCUT2D eigenvalue weighted by Gasteiger charge is 2.35. The van der Waals surface area contributed by atoms with Crippen molar-refractivity contribution in [1.29, 1.82) is 0 Å². The number of aromatic nitrogens is 2. The maximum atomic E-state index is 13.5. The summed E-state index contributed by atoms with van der Waals surface area (Å²) in [5, 5.41) is 6.22. The fourth-order valence-corrected chi connectivity index (χ4v) is 4.74. The standard InChI is InChI=1S/C23H28F3N5OS/c24-23(25,26)18-15-19(31-11-13-32-14-12-31)29-20(28-18)30-21(33)27-16-22(9-5-2-6-10-22)17-7-3-1-4-8-17/h1,3-4,7-8,15H,2,5-6,9-14,16H2,(H2,27,28,29,30,33). The number of nitrogens with one attached hydrogen (secondary N) is 2. The van der Waals surface area contributed by atoms with Crippen molar-refractivity contribution < 1.29 is 17.9 Å². The minimum Gasteiger partial charge on any atom is -0.378 e. The Morgan fingerprint density at radius 2 is 1.76 bits per heavy atom. The molecule has 1 saturated heterocycles. The number of nitrogens with zero attached hydrogens (tertiary/aromatic N) is 3. The van der Waals surface area contributed by atoms with Crippen LogP contribution in [-0.2, 0) is 16.3 Å². The molecule has 1 aliphatic carbocycles. The Labute approximate surface area is 196 Å². The Balaban J connectivity index is 1.49. The molecule has 2 heterocycles. The largest absolute Gasteiger partial charge is 0.433 e. The number of anilines is 2. The fourth-order valence-electron chi connectivity index (χ4n) is 4.57. The average Bonchev–Trinajstić information content (AvgIpc) is 2.84. The average molecular weight is 480 g/mol. The van der Waals surface area contributed by atoms with E-state index < -0.39 is 11.9 Å². The number of morpholine rings is 1. The topological polar surface area (TPSA) is 62.3 Å². The quantitative estimate of drug-likeness (QED) is 0.612. The zero-order valence-corrected chi connectivity index (χ0v) is 19.1. The van der Waals surface area contributed by atoms with Crippen molar-refractivity contribution in [2.45, 2.75) is 43.7 Å². The first-order chi connectivity index (χ1) is 15.9. The molecule has 0 atom stereocenters. The summed E-state index contributed by atoms with van der Waals surface area (Å²) in [5.74, 6) is 0.0418. The maximum Gasteiger partial charge on any atom is 0.433 e. The fraction of sp³-hybridized carbons (Fsp3) is 0.522. The number of rotatable bonds is 5. The highest BCUT2D eigenvalue weighted by molar-refractivity contribution is 7.80. The molecule has 2 fully saturated rings. The second-order valence-corrected chi connectivity index (χ2v) is 8.96. The summed E-state index contributed by atoms with van der Waals surface area (Å²) in [7, 11) is 0. The number of alkyl halides is 3. The second-order valence-electron chi connectivity index (χ2n) is 8.55. The van der Waals surface area contributed by atoms with Crippen molar-refractivity contribution in [3.05, 3.63) is 47.7 Å². The van der Waals surface area contributed by atoms with Crippen molar-refractivity contribution in [2.75, 3.05) is 43.1 Å². The molecule has 0 unspecified atom stereocenters. The van der Waals surface area contributed by atoms with Crippen molar-refractivity contribution in [3.8, 4) is 0 Å². The molecule has 0 amide bonds. The molecule has 0 spiro atoms. The van der Waals surface area contributed by atoms with Crippen molar-refractivity contribution in [1.82, 2.24) is 15.3 Å². The van der Waals surface area contributed by atoms with Gasteiger partial charge in [0.1, 0.15) is 5.82 Å². The Kier molecular flexibility index (Phi) is 7.33. The van der Waals surface area contributed by atoms with E-state index in [4.69, 9.17) is 17.0 Å². The summed E-state index contributed by atoms with van der Waals surface area (Å²) in [5.41, 5.74) is 0.195. The SMILES string of the molecule is FC(F)(F)c1cc(N2CCOCC2)nc(NC(=S)NCC2(c3ccccc3)CCCCC2)n1. The molecule has 4 rings (SSSR count). The molecule has 1 saturated carbocycles. The van der Waals surface area contributed by atoms with Gasteiger partial charge in [-0.3, -0.25) is 0 Å². The van der Waals surface area contributed by atoms with Crippen LogP contribution in [0.1, 0.15) is 43.4 Å². The monoisotopic (exact) mass is 479 g/mol. The van der Waals surface area contributed by atoms with Gasteiger partial charge in [-0.2, -0.15) is 18.2 Å². The molecule has 2 N–H and O–H groups in total. The summed E-state index contributed by atoms with van der Waals surface area (Å²) in [4.78, 5) is 9.74. The van der Waals surface area contributed by atoms with Crippen LogP contribution in [0.2, 0.25) is 0 Å². The van der Waals surface area contributed by atoms with E-state index in [9.17, 15) is 13.2 Å².